The first-order valence-corrected chi connectivity index (χ1v) is 9.98. The van der Waals surface area contributed by atoms with Gasteiger partial charge in [0, 0.05) is 22.4 Å². The summed E-state index contributed by atoms with van der Waals surface area (Å²) in [6, 6.07) is 18.9. The zero-order valence-corrected chi connectivity index (χ0v) is 17.3. The molecule has 2 heterocycles. The van der Waals surface area contributed by atoms with Crippen molar-refractivity contribution in [3.63, 3.8) is 0 Å². The Hall–Kier alpha value is -3.25. The zero-order valence-electron chi connectivity index (χ0n) is 15.7. The summed E-state index contributed by atoms with van der Waals surface area (Å²) in [5.74, 6) is 1.17. The van der Waals surface area contributed by atoms with Gasteiger partial charge in [-0.2, -0.15) is 0 Å². The minimum atomic E-state index is -0.177. The van der Waals surface area contributed by atoms with Crippen LogP contribution in [0.3, 0.4) is 0 Å². The van der Waals surface area contributed by atoms with E-state index >= 15 is 0 Å². The molecule has 0 saturated heterocycles. The molecule has 0 fully saturated rings. The number of carbonyl (C=O) groups is 1. The molecule has 1 aromatic heterocycles. The molecule has 0 bridgehead atoms. The number of amidine groups is 1. The molecular weight excluding hydrogens is 430 g/mol. The van der Waals surface area contributed by atoms with E-state index in [4.69, 9.17) is 4.74 Å². The minimum Gasteiger partial charge on any atom is -0.494 e. The lowest BCUT2D eigenvalue weighted by Gasteiger charge is -2.19. The average molecular weight is 448 g/mol. The van der Waals surface area contributed by atoms with Gasteiger partial charge in [-0.3, -0.25) is 14.7 Å². The number of hydrogen-bond donors (Lipinski definition) is 0. The number of amides is 1. The SMILES string of the molecule is CCOc1ccc(N2C(=O)/C(=C\c3ccncc3)N=C2c2ccc(Br)cc2)cc1. The quantitative estimate of drug-likeness (QED) is 0.512. The van der Waals surface area contributed by atoms with Crippen LogP contribution in [0.5, 0.6) is 5.75 Å². The van der Waals surface area contributed by atoms with Crippen molar-refractivity contribution in [1.82, 2.24) is 4.98 Å². The number of aliphatic imine (C=N–C) groups is 1. The predicted molar refractivity (Wildman–Crippen MR) is 118 cm³/mol. The maximum atomic E-state index is 13.3. The Balaban J connectivity index is 1.77. The summed E-state index contributed by atoms with van der Waals surface area (Å²) >= 11 is 3.45. The zero-order chi connectivity index (χ0) is 20.2. The molecule has 0 aliphatic carbocycles. The van der Waals surface area contributed by atoms with Crippen LogP contribution >= 0.6 is 15.9 Å². The van der Waals surface area contributed by atoms with Crippen LogP contribution < -0.4 is 9.64 Å². The van der Waals surface area contributed by atoms with Gasteiger partial charge in [0.1, 0.15) is 17.3 Å². The van der Waals surface area contributed by atoms with E-state index in [9.17, 15) is 4.79 Å². The van der Waals surface area contributed by atoms with Gasteiger partial charge < -0.3 is 4.74 Å². The van der Waals surface area contributed by atoms with Crippen molar-refractivity contribution >= 4 is 39.4 Å². The number of carbonyl (C=O) groups excluding carboxylic acids is 1. The number of halogens is 1. The van der Waals surface area contributed by atoms with Gasteiger partial charge in [-0.1, -0.05) is 28.1 Å². The van der Waals surface area contributed by atoms with Crippen molar-refractivity contribution in [2.45, 2.75) is 6.92 Å². The second-order valence-electron chi connectivity index (χ2n) is 6.32. The van der Waals surface area contributed by atoms with E-state index in [1.54, 1.807) is 23.4 Å². The molecule has 5 nitrogen and oxygen atoms in total. The standard InChI is InChI=1S/C23H18BrN3O2/c1-2-29-20-9-7-19(8-10-20)27-22(17-3-5-18(24)6-4-17)26-21(23(27)28)15-16-11-13-25-14-12-16/h3-15H,2H2,1H3/b21-15+. The molecule has 29 heavy (non-hydrogen) atoms. The number of pyridine rings is 1. The fourth-order valence-electron chi connectivity index (χ4n) is 3.02. The number of nitrogens with zero attached hydrogens (tertiary/aromatic N) is 3. The molecule has 0 atom stereocenters. The Kier molecular flexibility index (Phi) is 5.53. The van der Waals surface area contributed by atoms with Crippen LogP contribution in [-0.4, -0.2) is 23.3 Å². The third-order valence-corrected chi connectivity index (χ3v) is 4.91. The second-order valence-corrected chi connectivity index (χ2v) is 7.24. The van der Waals surface area contributed by atoms with Crippen LogP contribution in [0.25, 0.3) is 6.08 Å². The first-order valence-electron chi connectivity index (χ1n) is 9.19. The lowest BCUT2D eigenvalue weighted by atomic mass is 10.1. The maximum absolute atomic E-state index is 13.3. The molecule has 0 saturated carbocycles. The number of anilines is 1. The van der Waals surface area contributed by atoms with Gasteiger partial charge in [0.2, 0.25) is 0 Å². The fraction of sp³-hybridized carbons (Fsp3) is 0.0870. The molecule has 2 aromatic carbocycles. The van der Waals surface area contributed by atoms with E-state index in [2.05, 4.69) is 25.9 Å². The lowest BCUT2D eigenvalue weighted by Crippen LogP contribution is -2.32. The van der Waals surface area contributed by atoms with E-state index in [1.165, 1.54) is 0 Å². The van der Waals surface area contributed by atoms with E-state index in [0.29, 0.717) is 18.1 Å². The molecule has 0 radical (unpaired) electrons. The van der Waals surface area contributed by atoms with Gasteiger partial charge in [-0.05, 0) is 67.1 Å². The molecule has 4 rings (SSSR count). The molecule has 1 aliphatic heterocycles. The number of hydrogen-bond acceptors (Lipinski definition) is 4. The third-order valence-electron chi connectivity index (χ3n) is 4.38. The van der Waals surface area contributed by atoms with E-state index in [0.717, 1.165) is 27.0 Å². The average Bonchev–Trinajstić information content (AvgIpc) is 3.06. The highest BCUT2D eigenvalue weighted by atomic mass is 79.9. The van der Waals surface area contributed by atoms with Gasteiger partial charge in [0.15, 0.2) is 0 Å². The van der Waals surface area contributed by atoms with Crippen LogP contribution in [0.2, 0.25) is 0 Å². The summed E-state index contributed by atoms with van der Waals surface area (Å²) in [7, 11) is 0. The largest absolute Gasteiger partial charge is 0.494 e. The molecule has 0 spiro atoms. The highest BCUT2D eigenvalue weighted by Crippen LogP contribution is 2.29. The molecule has 3 aromatic rings. The maximum Gasteiger partial charge on any atom is 0.282 e. The van der Waals surface area contributed by atoms with Crippen molar-refractivity contribution in [2.24, 2.45) is 4.99 Å². The highest BCUT2D eigenvalue weighted by Gasteiger charge is 2.32. The minimum absolute atomic E-state index is 0.177. The molecule has 1 aliphatic rings. The number of rotatable bonds is 5. The molecule has 0 unspecified atom stereocenters. The molecule has 144 valence electrons. The van der Waals surface area contributed by atoms with Crippen molar-refractivity contribution < 1.29 is 9.53 Å². The molecule has 0 N–H and O–H groups in total. The van der Waals surface area contributed by atoms with E-state index in [1.807, 2.05) is 67.6 Å². The number of aromatic nitrogens is 1. The first kappa shape index (κ1) is 19.1. The van der Waals surface area contributed by atoms with Crippen LogP contribution in [-0.2, 0) is 4.79 Å². The van der Waals surface area contributed by atoms with E-state index < -0.39 is 0 Å². The Morgan fingerprint density at radius 3 is 2.34 bits per heavy atom. The Bertz CT molecular complexity index is 1080. The highest BCUT2D eigenvalue weighted by molar-refractivity contribution is 9.10. The van der Waals surface area contributed by atoms with Gasteiger partial charge in [-0.15, -0.1) is 0 Å². The summed E-state index contributed by atoms with van der Waals surface area (Å²) in [6.45, 7) is 2.53. The van der Waals surface area contributed by atoms with Crippen molar-refractivity contribution in [3.8, 4) is 5.75 Å². The Morgan fingerprint density at radius 1 is 1.00 bits per heavy atom. The summed E-state index contributed by atoms with van der Waals surface area (Å²) in [5.41, 5.74) is 2.84. The normalized spacial score (nSPS) is 15.0. The van der Waals surface area contributed by atoms with Crippen LogP contribution in [0.1, 0.15) is 18.1 Å². The topological polar surface area (TPSA) is 54.8 Å². The van der Waals surface area contributed by atoms with E-state index in [-0.39, 0.29) is 5.91 Å². The molecule has 1 amide bonds. The van der Waals surface area contributed by atoms with Crippen molar-refractivity contribution in [3.05, 3.63) is 94.4 Å². The summed E-state index contributed by atoms with van der Waals surface area (Å²) < 4.78 is 6.48. The van der Waals surface area contributed by atoms with Gasteiger partial charge in [0.05, 0.1) is 12.3 Å². The van der Waals surface area contributed by atoms with Crippen LogP contribution in [0, 0.1) is 0 Å². The summed E-state index contributed by atoms with van der Waals surface area (Å²) in [6.07, 6.45) is 5.15. The Morgan fingerprint density at radius 2 is 1.69 bits per heavy atom. The smallest absolute Gasteiger partial charge is 0.282 e. The van der Waals surface area contributed by atoms with Crippen molar-refractivity contribution in [1.29, 1.82) is 0 Å². The fourth-order valence-corrected chi connectivity index (χ4v) is 3.29. The lowest BCUT2D eigenvalue weighted by molar-refractivity contribution is -0.113. The van der Waals surface area contributed by atoms with Crippen molar-refractivity contribution in [2.75, 3.05) is 11.5 Å². The summed E-state index contributed by atoms with van der Waals surface area (Å²) in [5, 5.41) is 0. The van der Waals surface area contributed by atoms with Gasteiger partial charge in [-0.25, -0.2) is 4.99 Å². The second kappa shape index (κ2) is 8.41. The monoisotopic (exact) mass is 447 g/mol. The van der Waals surface area contributed by atoms with Gasteiger partial charge in [0.25, 0.3) is 5.91 Å². The first-order chi connectivity index (χ1) is 14.2. The van der Waals surface area contributed by atoms with Crippen LogP contribution in [0.15, 0.2) is 88.2 Å². The number of ether oxygens (including phenoxy) is 1. The number of benzene rings is 2. The third kappa shape index (κ3) is 4.12. The predicted octanol–water partition coefficient (Wildman–Crippen LogP) is 5.08. The summed E-state index contributed by atoms with van der Waals surface area (Å²) in [4.78, 5) is 23.6. The van der Waals surface area contributed by atoms with Crippen LogP contribution in [0.4, 0.5) is 5.69 Å². The molecular formula is C23H18BrN3O2. The Labute approximate surface area is 177 Å². The molecule has 6 heteroatoms. The van der Waals surface area contributed by atoms with Gasteiger partial charge >= 0.3 is 0 Å².